The summed E-state index contributed by atoms with van der Waals surface area (Å²) in [7, 11) is 0. The zero-order valence-electron chi connectivity index (χ0n) is 43.7. The van der Waals surface area contributed by atoms with Crippen molar-refractivity contribution in [3.8, 4) is 0 Å². The molecule has 0 aromatic heterocycles. The van der Waals surface area contributed by atoms with Crippen molar-refractivity contribution in [2.75, 3.05) is 19.8 Å². The van der Waals surface area contributed by atoms with Gasteiger partial charge in [-0.15, -0.1) is 0 Å². The summed E-state index contributed by atoms with van der Waals surface area (Å²) in [4.78, 5) is 25.5. The number of hydrogen-bond donors (Lipinski definition) is 0. The molecule has 0 radical (unpaired) electrons. The van der Waals surface area contributed by atoms with Crippen LogP contribution in [0.2, 0.25) is 0 Å². The van der Waals surface area contributed by atoms with E-state index in [-0.39, 0.29) is 25.2 Å². The first-order chi connectivity index (χ1) is 32.6. The molecule has 5 heteroatoms. The minimum atomic E-state index is -0.564. The molecule has 0 amide bonds. The zero-order valence-corrected chi connectivity index (χ0v) is 43.7. The molecule has 0 N–H and O–H groups in total. The summed E-state index contributed by atoms with van der Waals surface area (Å²) >= 11 is 0. The lowest BCUT2D eigenvalue weighted by atomic mass is 10.0. The summed E-state index contributed by atoms with van der Waals surface area (Å²) in [5, 5.41) is 0. The summed E-state index contributed by atoms with van der Waals surface area (Å²) in [6, 6.07) is 0. The van der Waals surface area contributed by atoms with Gasteiger partial charge in [-0.25, -0.2) is 0 Å². The van der Waals surface area contributed by atoms with Crippen molar-refractivity contribution in [3.05, 3.63) is 85.1 Å². The lowest BCUT2D eigenvalue weighted by Gasteiger charge is -2.18. The minimum Gasteiger partial charge on any atom is -0.462 e. The molecule has 0 aliphatic rings. The lowest BCUT2D eigenvalue weighted by Crippen LogP contribution is -2.30. The highest BCUT2D eigenvalue weighted by molar-refractivity contribution is 5.70. The molecule has 380 valence electrons. The zero-order chi connectivity index (χ0) is 47.7. The molecule has 5 nitrogen and oxygen atoms in total. The van der Waals surface area contributed by atoms with Gasteiger partial charge in [0.05, 0.1) is 6.61 Å². The molecule has 0 saturated heterocycles. The third-order valence-corrected chi connectivity index (χ3v) is 11.9. The highest BCUT2D eigenvalue weighted by atomic mass is 16.6. The van der Waals surface area contributed by atoms with Gasteiger partial charge in [-0.05, 0) is 89.9 Å². The number of hydrogen-bond acceptors (Lipinski definition) is 5. The predicted molar refractivity (Wildman–Crippen MR) is 288 cm³/mol. The van der Waals surface area contributed by atoms with E-state index in [1.54, 1.807) is 0 Å². The maximum absolute atomic E-state index is 12.8. The van der Waals surface area contributed by atoms with Crippen molar-refractivity contribution >= 4 is 11.9 Å². The first kappa shape index (κ1) is 63.1. The van der Waals surface area contributed by atoms with E-state index in [2.05, 4.69) is 106 Å². The summed E-state index contributed by atoms with van der Waals surface area (Å²) in [6.07, 6.45) is 74.6. The number of rotatable bonds is 51. The molecular formula is C61H106O5. The van der Waals surface area contributed by atoms with Crippen LogP contribution in [-0.2, 0) is 23.8 Å². The van der Waals surface area contributed by atoms with E-state index in [0.717, 1.165) is 109 Å². The smallest absolute Gasteiger partial charge is 0.306 e. The highest BCUT2D eigenvalue weighted by Crippen LogP contribution is 2.16. The molecule has 0 bridgehead atoms. The van der Waals surface area contributed by atoms with Crippen molar-refractivity contribution in [1.29, 1.82) is 0 Å². The van der Waals surface area contributed by atoms with Crippen LogP contribution in [0.3, 0.4) is 0 Å². The number of ether oxygens (including phenoxy) is 3. The number of unbranched alkanes of at least 4 members (excludes halogenated alkanes) is 26. The van der Waals surface area contributed by atoms with E-state index in [4.69, 9.17) is 14.2 Å². The maximum Gasteiger partial charge on any atom is 0.306 e. The van der Waals surface area contributed by atoms with Gasteiger partial charge in [0, 0.05) is 19.4 Å². The van der Waals surface area contributed by atoms with Crippen LogP contribution < -0.4 is 0 Å². The van der Waals surface area contributed by atoms with Gasteiger partial charge in [-0.2, -0.15) is 0 Å². The van der Waals surface area contributed by atoms with Crippen LogP contribution in [0.4, 0.5) is 0 Å². The predicted octanol–water partition coefficient (Wildman–Crippen LogP) is 19.2. The van der Waals surface area contributed by atoms with Crippen molar-refractivity contribution in [2.24, 2.45) is 0 Å². The lowest BCUT2D eigenvalue weighted by molar-refractivity contribution is -0.163. The molecule has 0 aliphatic heterocycles. The Morgan fingerprint density at radius 2 is 0.682 bits per heavy atom. The van der Waals surface area contributed by atoms with E-state index >= 15 is 0 Å². The van der Waals surface area contributed by atoms with E-state index in [1.807, 2.05) is 0 Å². The monoisotopic (exact) mass is 919 g/mol. The third kappa shape index (κ3) is 53.7. The van der Waals surface area contributed by atoms with Gasteiger partial charge in [0.1, 0.15) is 6.61 Å². The van der Waals surface area contributed by atoms with Crippen LogP contribution >= 0.6 is 0 Å². The number of carbonyl (C=O) groups excluding carboxylic acids is 2. The Labute approximate surface area is 409 Å². The average Bonchev–Trinajstić information content (AvgIpc) is 3.32. The molecule has 1 atom stereocenters. The second-order valence-electron chi connectivity index (χ2n) is 18.4. The van der Waals surface area contributed by atoms with Gasteiger partial charge in [-0.3, -0.25) is 9.59 Å². The first-order valence-electron chi connectivity index (χ1n) is 28.1. The van der Waals surface area contributed by atoms with E-state index < -0.39 is 6.10 Å². The van der Waals surface area contributed by atoms with Crippen molar-refractivity contribution in [1.82, 2.24) is 0 Å². The Hall–Kier alpha value is -2.92. The van der Waals surface area contributed by atoms with Gasteiger partial charge in [0.25, 0.3) is 0 Å². The summed E-state index contributed by atoms with van der Waals surface area (Å²) in [5.74, 6) is -0.428. The highest BCUT2D eigenvalue weighted by Gasteiger charge is 2.17. The summed E-state index contributed by atoms with van der Waals surface area (Å²) in [5.41, 5.74) is 0. The largest absolute Gasteiger partial charge is 0.462 e. The Kier molecular flexibility index (Phi) is 53.9. The van der Waals surface area contributed by atoms with Crippen LogP contribution in [-0.4, -0.2) is 37.9 Å². The first-order valence-corrected chi connectivity index (χ1v) is 28.1. The Morgan fingerprint density at radius 1 is 0.348 bits per heavy atom. The second-order valence-corrected chi connectivity index (χ2v) is 18.4. The molecule has 0 heterocycles. The average molecular weight is 920 g/mol. The molecular weight excluding hydrogens is 813 g/mol. The molecule has 0 saturated carbocycles. The molecule has 0 spiro atoms. The SMILES string of the molecule is CC/C=C\C/C=C\C/C=C\C/C=C\CCCCCOCC(COC(=O)CCCCCCCCCCCCCCCCCCCCC)OC(=O)CCCCCCC/C=C\C/C=C\C/C=C\CC. The van der Waals surface area contributed by atoms with Crippen molar-refractivity contribution in [3.63, 3.8) is 0 Å². The third-order valence-electron chi connectivity index (χ3n) is 11.9. The molecule has 0 aliphatic carbocycles. The molecule has 0 rings (SSSR count). The van der Waals surface area contributed by atoms with Gasteiger partial charge >= 0.3 is 11.9 Å². The fourth-order valence-corrected chi connectivity index (χ4v) is 7.81. The van der Waals surface area contributed by atoms with Gasteiger partial charge in [0.2, 0.25) is 0 Å². The van der Waals surface area contributed by atoms with E-state index in [0.29, 0.717) is 19.4 Å². The summed E-state index contributed by atoms with van der Waals surface area (Å²) in [6.45, 7) is 7.54. The topological polar surface area (TPSA) is 61.8 Å². The Balaban J connectivity index is 4.31. The van der Waals surface area contributed by atoms with E-state index in [9.17, 15) is 9.59 Å². The van der Waals surface area contributed by atoms with Crippen molar-refractivity contribution in [2.45, 2.75) is 271 Å². The number of esters is 2. The van der Waals surface area contributed by atoms with Crippen LogP contribution in [0, 0.1) is 0 Å². The standard InChI is InChI=1S/C61H106O5/c1-4-7-10-13-16-19-22-25-28-30-31-32-34-36-39-42-45-48-51-54-60(62)65-58-59(57-64-56-53-50-47-44-41-38-35-29-26-23-20-17-14-11-8-5-2)66-61(63)55-52-49-46-43-40-37-33-27-24-21-18-15-12-9-6-3/h8-9,11-12,17-18,20-21,26-27,29,33,38,41,59H,4-7,10,13-16,19,22-25,28,30-32,34-37,39-40,42-58H2,1-3H3/b11-8-,12-9-,20-17-,21-18-,29-26-,33-27-,41-38-. The fourth-order valence-electron chi connectivity index (χ4n) is 7.81. The fraction of sp³-hybridized carbons (Fsp3) is 0.738. The van der Waals surface area contributed by atoms with Crippen molar-refractivity contribution < 1.29 is 23.8 Å². The van der Waals surface area contributed by atoms with Crippen LogP contribution in [0.1, 0.15) is 265 Å². The Morgan fingerprint density at radius 3 is 1.09 bits per heavy atom. The quantitative estimate of drug-likeness (QED) is 0.0346. The van der Waals surface area contributed by atoms with Gasteiger partial charge < -0.3 is 14.2 Å². The molecule has 0 aromatic rings. The molecule has 66 heavy (non-hydrogen) atoms. The molecule has 0 aromatic carbocycles. The van der Waals surface area contributed by atoms with Gasteiger partial charge in [-0.1, -0.05) is 247 Å². The minimum absolute atomic E-state index is 0.0642. The van der Waals surface area contributed by atoms with Gasteiger partial charge in [0.15, 0.2) is 6.10 Å². The second kappa shape index (κ2) is 56.4. The number of carbonyl (C=O) groups is 2. The molecule has 1 unspecified atom stereocenters. The van der Waals surface area contributed by atoms with Crippen LogP contribution in [0.15, 0.2) is 85.1 Å². The van der Waals surface area contributed by atoms with Crippen LogP contribution in [0.5, 0.6) is 0 Å². The Bertz CT molecular complexity index is 1220. The summed E-state index contributed by atoms with van der Waals surface area (Å²) < 4.78 is 17.4. The maximum atomic E-state index is 12.8. The normalized spacial score (nSPS) is 12.8. The van der Waals surface area contributed by atoms with E-state index in [1.165, 1.54) is 122 Å². The van der Waals surface area contributed by atoms with Crippen LogP contribution in [0.25, 0.3) is 0 Å². The number of allylic oxidation sites excluding steroid dienone is 14. The molecule has 0 fully saturated rings.